The predicted octanol–water partition coefficient (Wildman–Crippen LogP) is 8.39. The van der Waals surface area contributed by atoms with E-state index in [0.717, 1.165) is 6.42 Å². The summed E-state index contributed by atoms with van der Waals surface area (Å²) in [6, 6.07) is 0. The van der Waals surface area contributed by atoms with Gasteiger partial charge in [-0.3, -0.25) is 0 Å². The number of rotatable bonds is 18. The van der Waals surface area contributed by atoms with Gasteiger partial charge in [-0.2, -0.15) is 0 Å². The Labute approximate surface area is 167 Å². The van der Waals surface area contributed by atoms with Crippen LogP contribution in [0.5, 0.6) is 0 Å². The van der Waals surface area contributed by atoms with Gasteiger partial charge in [-0.15, -0.1) is 0 Å². The number of unbranched alkanes of at least 4 members (excludes halogenated alkanes) is 10. The molecule has 0 aliphatic carbocycles. The van der Waals surface area contributed by atoms with Crippen molar-refractivity contribution in [1.29, 1.82) is 0 Å². The summed E-state index contributed by atoms with van der Waals surface area (Å²) in [5, 5.41) is 0. The molecule has 0 unspecified atom stereocenters. The van der Waals surface area contributed by atoms with E-state index in [1.807, 2.05) is 0 Å². The molecule has 0 saturated heterocycles. The van der Waals surface area contributed by atoms with Gasteiger partial charge in [-0.05, 0) is 50.6 Å². The molecule has 0 atom stereocenters. The van der Waals surface area contributed by atoms with Crippen molar-refractivity contribution in [2.24, 2.45) is 5.41 Å². The van der Waals surface area contributed by atoms with E-state index >= 15 is 0 Å². The molecule has 0 bridgehead atoms. The lowest BCUT2D eigenvalue weighted by Gasteiger charge is -2.30. The van der Waals surface area contributed by atoms with Gasteiger partial charge < -0.3 is 4.90 Å². The van der Waals surface area contributed by atoms with Crippen molar-refractivity contribution in [1.82, 2.24) is 4.90 Å². The average Bonchev–Trinajstić information content (AvgIpc) is 2.58. The molecule has 0 heterocycles. The Bertz CT molecular complexity index is 313. The van der Waals surface area contributed by atoms with E-state index in [0.29, 0.717) is 5.41 Å². The Morgan fingerprint density at radius 3 is 1.62 bits per heavy atom. The summed E-state index contributed by atoms with van der Waals surface area (Å²) >= 11 is 0. The average molecular weight is 366 g/mol. The van der Waals surface area contributed by atoms with Gasteiger partial charge in [0.25, 0.3) is 0 Å². The summed E-state index contributed by atoms with van der Waals surface area (Å²) in [4.78, 5) is 2.74. The highest BCUT2D eigenvalue weighted by Crippen LogP contribution is 2.18. The SMILES string of the molecule is C=C(CC)CCCCCCCN(CCCCCCCCC)CC(C)(C)C. The minimum absolute atomic E-state index is 0.418. The molecular weight excluding hydrogens is 314 g/mol. The van der Waals surface area contributed by atoms with Gasteiger partial charge in [0.05, 0.1) is 0 Å². The first-order chi connectivity index (χ1) is 12.4. The Hall–Kier alpha value is -0.300. The number of allylic oxidation sites excluding steroid dienone is 1. The quantitative estimate of drug-likeness (QED) is 0.174. The van der Waals surface area contributed by atoms with Crippen LogP contribution in [0, 0.1) is 5.41 Å². The van der Waals surface area contributed by atoms with Crippen molar-refractivity contribution in [3.63, 3.8) is 0 Å². The number of nitrogens with zero attached hydrogens (tertiary/aromatic N) is 1. The molecule has 0 fully saturated rings. The molecule has 0 aromatic rings. The molecule has 1 nitrogen and oxygen atoms in total. The third kappa shape index (κ3) is 18.5. The molecular formula is C25H51N. The zero-order chi connectivity index (χ0) is 19.7. The largest absolute Gasteiger partial charge is 0.303 e. The topological polar surface area (TPSA) is 3.24 Å². The van der Waals surface area contributed by atoms with Gasteiger partial charge in [0, 0.05) is 6.54 Å². The molecule has 0 aliphatic heterocycles. The van der Waals surface area contributed by atoms with Gasteiger partial charge in [0.2, 0.25) is 0 Å². The first-order valence-electron chi connectivity index (χ1n) is 11.8. The first kappa shape index (κ1) is 25.7. The zero-order valence-corrected chi connectivity index (χ0v) is 19.2. The third-order valence-corrected chi connectivity index (χ3v) is 5.28. The maximum Gasteiger partial charge on any atom is 0.00300 e. The summed E-state index contributed by atoms with van der Waals surface area (Å²) in [5.74, 6) is 0. The van der Waals surface area contributed by atoms with E-state index in [2.05, 4.69) is 46.1 Å². The maximum atomic E-state index is 4.11. The monoisotopic (exact) mass is 365 g/mol. The van der Waals surface area contributed by atoms with Crippen molar-refractivity contribution < 1.29 is 0 Å². The van der Waals surface area contributed by atoms with Gasteiger partial charge in [-0.1, -0.05) is 105 Å². The maximum absolute atomic E-state index is 4.11. The Kier molecular flexibility index (Phi) is 16.6. The fourth-order valence-corrected chi connectivity index (χ4v) is 3.65. The second kappa shape index (κ2) is 16.8. The van der Waals surface area contributed by atoms with Crippen molar-refractivity contribution in [3.8, 4) is 0 Å². The lowest BCUT2D eigenvalue weighted by Crippen LogP contribution is -2.34. The molecule has 0 radical (unpaired) electrons. The van der Waals surface area contributed by atoms with E-state index in [9.17, 15) is 0 Å². The summed E-state index contributed by atoms with van der Waals surface area (Å²) < 4.78 is 0. The number of hydrogen-bond acceptors (Lipinski definition) is 1. The first-order valence-corrected chi connectivity index (χ1v) is 11.8. The molecule has 0 rings (SSSR count). The van der Waals surface area contributed by atoms with Crippen LogP contribution >= 0.6 is 0 Å². The van der Waals surface area contributed by atoms with E-state index < -0.39 is 0 Å². The van der Waals surface area contributed by atoms with Crippen LogP contribution in [0.1, 0.15) is 125 Å². The van der Waals surface area contributed by atoms with Crippen molar-refractivity contribution in [2.45, 2.75) is 125 Å². The minimum Gasteiger partial charge on any atom is -0.303 e. The van der Waals surface area contributed by atoms with Crippen molar-refractivity contribution in [3.05, 3.63) is 12.2 Å². The van der Waals surface area contributed by atoms with Crippen LogP contribution in [-0.4, -0.2) is 24.5 Å². The second-order valence-electron chi connectivity index (χ2n) is 9.58. The summed E-state index contributed by atoms with van der Waals surface area (Å²) in [6.45, 7) is 19.6. The minimum atomic E-state index is 0.418. The van der Waals surface area contributed by atoms with Gasteiger partial charge in [-0.25, -0.2) is 0 Å². The Balaban J connectivity index is 3.81. The summed E-state index contributed by atoms with van der Waals surface area (Å²) in [7, 11) is 0. The highest BCUT2D eigenvalue weighted by molar-refractivity contribution is 4.91. The van der Waals surface area contributed by atoms with Crippen LogP contribution in [-0.2, 0) is 0 Å². The highest BCUT2D eigenvalue weighted by Gasteiger charge is 2.15. The Morgan fingerprint density at radius 1 is 0.692 bits per heavy atom. The Morgan fingerprint density at radius 2 is 1.15 bits per heavy atom. The predicted molar refractivity (Wildman–Crippen MR) is 121 cm³/mol. The lowest BCUT2D eigenvalue weighted by atomic mass is 9.95. The van der Waals surface area contributed by atoms with E-state index in [1.165, 1.54) is 109 Å². The van der Waals surface area contributed by atoms with Crippen LogP contribution in [0.2, 0.25) is 0 Å². The molecule has 0 saturated carbocycles. The van der Waals surface area contributed by atoms with Gasteiger partial charge in [0.15, 0.2) is 0 Å². The number of hydrogen-bond donors (Lipinski definition) is 0. The van der Waals surface area contributed by atoms with Crippen LogP contribution in [0.3, 0.4) is 0 Å². The molecule has 0 N–H and O–H groups in total. The summed E-state index contributed by atoms with van der Waals surface area (Å²) in [6.07, 6.45) is 19.2. The highest BCUT2D eigenvalue weighted by atomic mass is 15.1. The fourth-order valence-electron chi connectivity index (χ4n) is 3.65. The molecule has 26 heavy (non-hydrogen) atoms. The van der Waals surface area contributed by atoms with Crippen LogP contribution in [0.4, 0.5) is 0 Å². The smallest absolute Gasteiger partial charge is 0.00300 e. The summed E-state index contributed by atoms with van der Waals surface area (Å²) in [5.41, 5.74) is 1.85. The van der Waals surface area contributed by atoms with Crippen molar-refractivity contribution in [2.75, 3.05) is 19.6 Å². The van der Waals surface area contributed by atoms with Crippen LogP contribution in [0.25, 0.3) is 0 Å². The second-order valence-corrected chi connectivity index (χ2v) is 9.58. The molecule has 156 valence electrons. The van der Waals surface area contributed by atoms with E-state index in [1.54, 1.807) is 0 Å². The van der Waals surface area contributed by atoms with Crippen molar-refractivity contribution >= 4 is 0 Å². The molecule has 0 spiro atoms. The third-order valence-electron chi connectivity index (χ3n) is 5.28. The van der Waals surface area contributed by atoms with Crippen LogP contribution in [0.15, 0.2) is 12.2 Å². The van der Waals surface area contributed by atoms with Gasteiger partial charge in [0.1, 0.15) is 0 Å². The van der Waals surface area contributed by atoms with Crippen LogP contribution < -0.4 is 0 Å². The molecule has 0 aromatic heterocycles. The molecule has 0 aliphatic rings. The molecule has 0 amide bonds. The standard InChI is InChI=1S/C25H51N/c1-7-9-10-11-12-15-18-21-26(23-25(4,5)6)22-19-16-13-14-17-20-24(3)8-2/h3,7-23H2,1-2,4-6H3. The lowest BCUT2D eigenvalue weighted by molar-refractivity contribution is 0.184. The van der Waals surface area contributed by atoms with E-state index in [-0.39, 0.29) is 0 Å². The van der Waals surface area contributed by atoms with Gasteiger partial charge >= 0.3 is 0 Å². The normalized spacial score (nSPS) is 12.1. The fraction of sp³-hybridized carbons (Fsp3) is 0.920. The zero-order valence-electron chi connectivity index (χ0n) is 19.2. The van der Waals surface area contributed by atoms with E-state index in [4.69, 9.17) is 0 Å². The molecule has 0 aromatic carbocycles. The molecule has 1 heteroatoms.